The van der Waals surface area contributed by atoms with E-state index in [4.69, 9.17) is 0 Å². The van der Waals surface area contributed by atoms with Gasteiger partial charge in [-0.25, -0.2) is 18.0 Å². The van der Waals surface area contributed by atoms with Gasteiger partial charge in [0.1, 0.15) is 12.1 Å². The summed E-state index contributed by atoms with van der Waals surface area (Å²) in [6, 6.07) is 13.8. The molecule has 10 nitrogen and oxygen atoms in total. The molecule has 0 aliphatic carbocycles. The zero-order valence-electron chi connectivity index (χ0n) is 20.9. The first-order valence-electron chi connectivity index (χ1n) is 11.8. The normalized spacial score (nSPS) is 20.1. The maximum Gasteiger partial charge on any atom is 0.328 e. The van der Waals surface area contributed by atoms with E-state index in [9.17, 15) is 27.9 Å². The smallest absolute Gasteiger partial charge is 0.328 e. The zero-order valence-corrected chi connectivity index (χ0v) is 22.5. The molecule has 1 aliphatic heterocycles. The van der Waals surface area contributed by atoms with Gasteiger partial charge in [-0.05, 0) is 38.0 Å². The molecule has 0 radical (unpaired) electrons. The molecular formula is C25H32N4O6S2. The van der Waals surface area contributed by atoms with Crippen molar-refractivity contribution in [3.63, 3.8) is 0 Å². The Morgan fingerprint density at radius 1 is 1.03 bits per heavy atom. The van der Waals surface area contributed by atoms with Crippen molar-refractivity contribution in [1.82, 2.24) is 20.3 Å². The number of nitrogens with zero attached hydrogens (tertiary/aromatic N) is 1. The van der Waals surface area contributed by atoms with E-state index in [-0.39, 0.29) is 18.0 Å². The van der Waals surface area contributed by atoms with Crippen LogP contribution in [0, 0.1) is 0 Å². The van der Waals surface area contributed by atoms with Crippen LogP contribution in [0.2, 0.25) is 0 Å². The standard InChI is InChI=1S/C25H32N4O6S2/c1-4-20-29(37(34,35)18-13-9-6-10-14-18)21(25(2,3)36-20)22(30)28-19(23(31)32)16-27-24(33)26-15-17-11-7-5-8-12-17/h5-14,19-21H,4,15-16H2,1-3H3,(H,28,30)(H,31,32)(H2,26,27,33). The molecular weight excluding hydrogens is 516 g/mol. The van der Waals surface area contributed by atoms with Crippen molar-refractivity contribution in [2.24, 2.45) is 0 Å². The largest absolute Gasteiger partial charge is 0.480 e. The first kappa shape index (κ1) is 28.5. The van der Waals surface area contributed by atoms with Gasteiger partial charge in [0.15, 0.2) is 0 Å². The molecule has 3 atom stereocenters. The van der Waals surface area contributed by atoms with Gasteiger partial charge in [0, 0.05) is 11.3 Å². The summed E-state index contributed by atoms with van der Waals surface area (Å²) in [5.41, 5.74) is 0.867. The fourth-order valence-electron chi connectivity index (χ4n) is 4.13. The number of benzene rings is 2. The van der Waals surface area contributed by atoms with E-state index in [1.54, 1.807) is 32.0 Å². The Bertz CT molecular complexity index is 1210. The molecule has 0 bridgehead atoms. The van der Waals surface area contributed by atoms with Gasteiger partial charge in [-0.1, -0.05) is 55.5 Å². The van der Waals surface area contributed by atoms with Crippen LogP contribution in [0.3, 0.4) is 0 Å². The minimum absolute atomic E-state index is 0.0519. The Hall–Kier alpha value is -3.09. The van der Waals surface area contributed by atoms with Crippen molar-refractivity contribution >= 4 is 39.7 Å². The second kappa shape index (κ2) is 12.0. The lowest BCUT2D eigenvalue weighted by Crippen LogP contribution is -2.59. The Morgan fingerprint density at radius 2 is 1.62 bits per heavy atom. The van der Waals surface area contributed by atoms with Gasteiger partial charge in [0.05, 0.1) is 16.8 Å². The number of nitrogens with one attached hydrogen (secondary N) is 3. The summed E-state index contributed by atoms with van der Waals surface area (Å²) in [7, 11) is -4.06. The van der Waals surface area contributed by atoms with Crippen LogP contribution in [0.4, 0.5) is 4.79 Å². The molecule has 0 spiro atoms. The van der Waals surface area contributed by atoms with E-state index in [2.05, 4.69) is 16.0 Å². The first-order valence-corrected chi connectivity index (χ1v) is 14.1. The van der Waals surface area contributed by atoms with Gasteiger partial charge >= 0.3 is 12.0 Å². The molecule has 12 heteroatoms. The summed E-state index contributed by atoms with van der Waals surface area (Å²) < 4.78 is 27.5. The van der Waals surface area contributed by atoms with Gasteiger partial charge in [0.25, 0.3) is 0 Å². The monoisotopic (exact) mass is 548 g/mol. The number of hydrogen-bond donors (Lipinski definition) is 4. The van der Waals surface area contributed by atoms with E-state index >= 15 is 0 Å². The Kier molecular flexibility index (Phi) is 9.21. The molecule has 37 heavy (non-hydrogen) atoms. The van der Waals surface area contributed by atoms with Crippen molar-refractivity contribution in [2.45, 2.75) is 60.8 Å². The molecule has 3 amide bonds. The number of carboxylic acid groups (broad SMARTS) is 1. The SMILES string of the molecule is CCC1SC(C)(C)C(C(=O)NC(CNC(=O)NCc2ccccc2)C(=O)O)N1S(=O)(=O)c1ccccc1. The highest BCUT2D eigenvalue weighted by molar-refractivity contribution is 8.02. The Labute approximate surface area is 221 Å². The molecule has 1 heterocycles. The fraction of sp³-hybridized carbons (Fsp3) is 0.400. The number of carbonyl (C=O) groups is 3. The molecule has 4 N–H and O–H groups in total. The van der Waals surface area contributed by atoms with Crippen LogP contribution in [0.25, 0.3) is 0 Å². The Morgan fingerprint density at radius 3 is 2.19 bits per heavy atom. The lowest BCUT2D eigenvalue weighted by atomic mass is 10.0. The Balaban J connectivity index is 1.74. The second-order valence-electron chi connectivity index (χ2n) is 9.08. The topological polar surface area (TPSA) is 145 Å². The van der Waals surface area contributed by atoms with Crippen molar-refractivity contribution in [3.8, 4) is 0 Å². The van der Waals surface area contributed by atoms with Crippen molar-refractivity contribution < 1.29 is 27.9 Å². The number of sulfonamides is 1. The molecule has 2 aromatic rings. The highest BCUT2D eigenvalue weighted by Crippen LogP contribution is 2.48. The van der Waals surface area contributed by atoms with Gasteiger partial charge in [-0.2, -0.15) is 4.31 Å². The number of aliphatic carboxylic acids is 1. The zero-order chi connectivity index (χ0) is 27.2. The number of amides is 3. The summed E-state index contributed by atoms with van der Waals surface area (Å²) in [5.74, 6) is -2.10. The predicted octanol–water partition coefficient (Wildman–Crippen LogP) is 2.38. The van der Waals surface area contributed by atoms with E-state index in [1.807, 2.05) is 37.3 Å². The summed E-state index contributed by atoms with van der Waals surface area (Å²) in [4.78, 5) is 37.6. The predicted molar refractivity (Wildman–Crippen MR) is 141 cm³/mol. The number of rotatable bonds is 10. The van der Waals surface area contributed by atoms with E-state index < -0.39 is 50.1 Å². The molecule has 2 aromatic carbocycles. The molecule has 3 rings (SSSR count). The summed E-state index contributed by atoms with van der Waals surface area (Å²) in [6.45, 7) is 5.21. The average Bonchev–Trinajstić information content (AvgIpc) is 3.17. The molecule has 1 saturated heterocycles. The molecule has 1 aliphatic rings. The first-order chi connectivity index (χ1) is 17.5. The van der Waals surface area contributed by atoms with Crippen molar-refractivity contribution in [1.29, 1.82) is 0 Å². The van der Waals surface area contributed by atoms with Gasteiger partial charge in [-0.15, -0.1) is 11.8 Å². The number of thioether (sulfide) groups is 1. The van der Waals surface area contributed by atoms with Crippen LogP contribution in [0.5, 0.6) is 0 Å². The molecule has 0 saturated carbocycles. The van der Waals surface area contributed by atoms with Crippen LogP contribution in [-0.2, 0) is 26.2 Å². The number of carboxylic acids is 1. The quantitative estimate of drug-likeness (QED) is 0.357. The average molecular weight is 549 g/mol. The number of carbonyl (C=O) groups excluding carboxylic acids is 2. The maximum atomic E-state index is 13.6. The summed E-state index contributed by atoms with van der Waals surface area (Å²) in [5, 5.41) is 16.7. The lowest BCUT2D eigenvalue weighted by molar-refractivity contribution is -0.142. The number of urea groups is 1. The third kappa shape index (κ3) is 6.82. The van der Waals surface area contributed by atoms with Gasteiger partial charge in [0.2, 0.25) is 15.9 Å². The van der Waals surface area contributed by atoms with Crippen LogP contribution in [0.15, 0.2) is 65.6 Å². The molecule has 3 unspecified atom stereocenters. The van der Waals surface area contributed by atoms with Crippen LogP contribution in [-0.4, -0.2) is 64.5 Å². The van der Waals surface area contributed by atoms with Crippen molar-refractivity contribution in [2.75, 3.05) is 6.54 Å². The lowest BCUT2D eigenvalue weighted by Gasteiger charge is -2.32. The third-order valence-corrected chi connectivity index (χ3v) is 9.62. The maximum absolute atomic E-state index is 13.6. The van der Waals surface area contributed by atoms with E-state index in [0.717, 1.165) is 5.56 Å². The minimum atomic E-state index is -4.06. The van der Waals surface area contributed by atoms with E-state index in [1.165, 1.54) is 28.2 Å². The third-order valence-electron chi connectivity index (χ3n) is 5.93. The highest BCUT2D eigenvalue weighted by atomic mass is 32.2. The second-order valence-corrected chi connectivity index (χ2v) is 12.8. The molecule has 0 aromatic heterocycles. The van der Waals surface area contributed by atoms with E-state index in [0.29, 0.717) is 6.42 Å². The number of hydrogen-bond acceptors (Lipinski definition) is 6. The van der Waals surface area contributed by atoms with Crippen molar-refractivity contribution in [3.05, 3.63) is 66.2 Å². The molecule has 200 valence electrons. The minimum Gasteiger partial charge on any atom is -0.480 e. The van der Waals surface area contributed by atoms with Crippen LogP contribution < -0.4 is 16.0 Å². The molecule has 1 fully saturated rings. The summed E-state index contributed by atoms with van der Waals surface area (Å²) in [6.07, 6.45) is 0.454. The van der Waals surface area contributed by atoms with Crippen LogP contribution >= 0.6 is 11.8 Å². The summed E-state index contributed by atoms with van der Waals surface area (Å²) >= 11 is 1.35. The van der Waals surface area contributed by atoms with Gasteiger partial charge < -0.3 is 21.1 Å². The van der Waals surface area contributed by atoms with Gasteiger partial charge in [-0.3, -0.25) is 4.79 Å². The highest BCUT2D eigenvalue weighted by Gasteiger charge is 2.55. The van der Waals surface area contributed by atoms with Crippen LogP contribution in [0.1, 0.15) is 32.8 Å². The fourth-order valence-corrected chi connectivity index (χ4v) is 7.95.